The molecule has 0 saturated carbocycles. The minimum absolute atomic E-state index is 0.168. The molecule has 1 aromatic carbocycles. The highest BCUT2D eigenvalue weighted by atomic mass is 19.1. The predicted molar refractivity (Wildman–Crippen MR) is 69.4 cm³/mol. The van der Waals surface area contributed by atoms with E-state index < -0.39 is 11.6 Å². The summed E-state index contributed by atoms with van der Waals surface area (Å²) >= 11 is 0. The van der Waals surface area contributed by atoms with Crippen molar-refractivity contribution in [1.82, 2.24) is 25.1 Å². The van der Waals surface area contributed by atoms with E-state index in [0.717, 1.165) is 6.07 Å². The smallest absolute Gasteiger partial charge is 0.280 e. The number of nitrogens with two attached hydrogens (primary N) is 1. The van der Waals surface area contributed by atoms with Crippen LogP contribution in [-0.2, 0) is 6.54 Å². The first kappa shape index (κ1) is 13.2. The fourth-order valence-electron chi connectivity index (χ4n) is 1.73. The van der Waals surface area contributed by atoms with Crippen molar-refractivity contribution in [2.75, 3.05) is 6.54 Å². The van der Waals surface area contributed by atoms with Crippen LogP contribution in [0.1, 0.15) is 0 Å². The minimum atomic E-state index is -0.757. The average molecular weight is 290 g/mol. The lowest BCUT2D eigenvalue weighted by Gasteiger charge is -1.96. The number of phenolic OH excluding ortho intramolecular Hbond substituents is 1. The Kier molecular flexibility index (Phi) is 3.32. The van der Waals surface area contributed by atoms with Crippen LogP contribution in [0.4, 0.5) is 4.39 Å². The van der Waals surface area contributed by atoms with E-state index in [4.69, 9.17) is 15.4 Å². The van der Waals surface area contributed by atoms with Crippen molar-refractivity contribution in [2.24, 2.45) is 5.73 Å². The van der Waals surface area contributed by atoms with Gasteiger partial charge in [0.25, 0.3) is 5.89 Å². The van der Waals surface area contributed by atoms with Gasteiger partial charge in [0, 0.05) is 12.1 Å². The SMILES string of the molecule is NCCn1cc(-c2nc(-c3ccc(O)c(F)c3)no2)nn1. The van der Waals surface area contributed by atoms with E-state index in [0.29, 0.717) is 24.3 Å². The van der Waals surface area contributed by atoms with Crippen molar-refractivity contribution < 1.29 is 14.0 Å². The van der Waals surface area contributed by atoms with Gasteiger partial charge in [-0.1, -0.05) is 10.4 Å². The molecule has 21 heavy (non-hydrogen) atoms. The number of aromatic nitrogens is 5. The Balaban J connectivity index is 1.89. The van der Waals surface area contributed by atoms with Crippen molar-refractivity contribution in [2.45, 2.75) is 6.54 Å². The fourth-order valence-corrected chi connectivity index (χ4v) is 1.73. The van der Waals surface area contributed by atoms with Gasteiger partial charge in [-0.2, -0.15) is 4.98 Å². The molecule has 3 aromatic rings. The summed E-state index contributed by atoms with van der Waals surface area (Å²) in [6.07, 6.45) is 1.63. The van der Waals surface area contributed by atoms with E-state index in [1.165, 1.54) is 12.1 Å². The van der Waals surface area contributed by atoms with E-state index in [1.807, 2.05) is 0 Å². The highest BCUT2D eigenvalue weighted by Crippen LogP contribution is 2.24. The first-order chi connectivity index (χ1) is 10.2. The molecular formula is C12H11FN6O2. The van der Waals surface area contributed by atoms with Crippen molar-refractivity contribution >= 4 is 0 Å². The molecular weight excluding hydrogens is 279 g/mol. The standard InChI is InChI=1S/C12H11FN6O2/c13-8-5-7(1-2-10(8)20)11-15-12(21-17-11)9-6-19(4-3-14)18-16-9/h1-2,5-6,20H,3-4,14H2. The summed E-state index contributed by atoms with van der Waals surface area (Å²) in [5.41, 5.74) is 6.21. The van der Waals surface area contributed by atoms with E-state index >= 15 is 0 Å². The number of rotatable bonds is 4. The zero-order valence-electron chi connectivity index (χ0n) is 10.8. The first-order valence-corrected chi connectivity index (χ1v) is 6.10. The molecule has 0 amide bonds. The number of phenols is 1. The number of benzene rings is 1. The first-order valence-electron chi connectivity index (χ1n) is 6.10. The van der Waals surface area contributed by atoms with E-state index in [9.17, 15) is 4.39 Å². The highest BCUT2D eigenvalue weighted by molar-refractivity contribution is 5.58. The third kappa shape index (κ3) is 2.58. The van der Waals surface area contributed by atoms with Crippen LogP contribution in [0.5, 0.6) is 5.75 Å². The van der Waals surface area contributed by atoms with E-state index in [1.54, 1.807) is 10.9 Å². The summed E-state index contributed by atoms with van der Waals surface area (Å²) in [6.45, 7) is 0.960. The number of nitrogens with zero attached hydrogens (tertiary/aromatic N) is 5. The zero-order chi connectivity index (χ0) is 14.8. The van der Waals surface area contributed by atoms with Crippen LogP contribution in [0.2, 0.25) is 0 Å². The number of hydrogen-bond donors (Lipinski definition) is 2. The second-order valence-electron chi connectivity index (χ2n) is 4.24. The molecule has 2 heterocycles. The van der Waals surface area contributed by atoms with E-state index in [2.05, 4.69) is 20.5 Å². The molecule has 3 N–H and O–H groups in total. The van der Waals surface area contributed by atoms with Gasteiger partial charge in [0.15, 0.2) is 17.3 Å². The van der Waals surface area contributed by atoms with Gasteiger partial charge in [-0.3, -0.25) is 4.68 Å². The Hall–Kier alpha value is -2.81. The molecule has 3 rings (SSSR count). The van der Waals surface area contributed by atoms with Crippen LogP contribution in [0.3, 0.4) is 0 Å². The van der Waals surface area contributed by atoms with Gasteiger partial charge in [-0.15, -0.1) is 5.10 Å². The summed E-state index contributed by atoms with van der Waals surface area (Å²) in [4.78, 5) is 4.12. The molecule has 0 aliphatic carbocycles. The minimum Gasteiger partial charge on any atom is -0.505 e. The number of halogens is 1. The summed E-state index contributed by atoms with van der Waals surface area (Å²) in [6, 6.07) is 3.83. The van der Waals surface area contributed by atoms with Crippen LogP contribution in [0, 0.1) is 5.82 Å². The molecule has 9 heteroatoms. The third-order valence-electron chi connectivity index (χ3n) is 2.75. The van der Waals surface area contributed by atoms with E-state index in [-0.39, 0.29) is 11.7 Å². The molecule has 0 bridgehead atoms. The maximum Gasteiger partial charge on any atom is 0.280 e. The van der Waals surface area contributed by atoms with Crippen LogP contribution in [0.15, 0.2) is 28.9 Å². The molecule has 0 aliphatic heterocycles. The van der Waals surface area contributed by atoms with Crippen molar-refractivity contribution in [3.63, 3.8) is 0 Å². The second kappa shape index (κ2) is 5.29. The largest absolute Gasteiger partial charge is 0.505 e. The van der Waals surface area contributed by atoms with Gasteiger partial charge in [-0.25, -0.2) is 4.39 Å². The Bertz CT molecular complexity index is 769. The summed E-state index contributed by atoms with van der Waals surface area (Å²) in [5, 5.41) is 20.7. The Morgan fingerprint density at radius 1 is 1.38 bits per heavy atom. The summed E-state index contributed by atoms with van der Waals surface area (Å²) in [5.74, 6) is -0.834. The van der Waals surface area contributed by atoms with Crippen molar-refractivity contribution in [3.8, 4) is 28.7 Å². The molecule has 0 unspecified atom stereocenters. The van der Waals surface area contributed by atoms with Gasteiger partial charge in [0.05, 0.1) is 12.7 Å². The lowest BCUT2D eigenvalue weighted by molar-refractivity contribution is 0.429. The monoisotopic (exact) mass is 290 g/mol. The number of hydrogen-bond acceptors (Lipinski definition) is 7. The average Bonchev–Trinajstić information content (AvgIpc) is 3.11. The van der Waals surface area contributed by atoms with Gasteiger partial charge < -0.3 is 15.4 Å². The Labute approximate surface area is 118 Å². The molecule has 0 radical (unpaired) electrons. The zero-order valence-corrected chi connectivity index (χ0v) is 10.8. The maximum atomic E-state index is 13.3. The lowest BCUT2D eigenvalue weighted by atomic mass is 10.2. The topological polar surface area (TPSA) is 116 Å². The predicted octanol–water partition coefficient (Wildman–Crippen LogP) is 0.798. The number of aromatic hydroxyl groups is 1. The molecule has 108 valence electrons. The van der Waals surface area contributed by atoms with Crippen LogP contribution in [0.25, 0.3) is 23.0 Å². The Morgan fingerprint density at radius 3 is 3.00 bits per heavy atom. The summed E-state index contributed by atoms with van der Waals surface area (Å²) < 4.78 is 19.9. The maximum absolute atomic E-state index is 13.3. The molecule has 8 nitrogen and oxygen atoms in total. The molecule has 0 aliphatic rings. The van der Waals surface area contributed by atoms with Crippen molar-refractivity contribution in [3.05, 3.63) is 30.2 Å². The van der Waals surface area contributed by atoms with Gasteiger partial charge in [0.2, 0.25) is 5.82 Å². The molecule has 0 spiro atoms. The van der Waals surface area contributed by atoms with Crippen molar-refractivity contribution in [1.29, 1.82) is 0 Å². The molecule has 2 aromatic heterocycles. The normalized spacial score (nSPS) is 11.0. The molecule has 0 saturated heterocycles. The van der Waals surface area contributed by atoms with Crippen LogP contribution >= 0.6 is 0 Å². The van der Waals surface area contributed by atoms with Crippen LogP contribution < -0.4 is 5.73 Å². The highest BCUT2D eigenvalue weighted by Gasteiger charge is 2.15. The van der Waals surface area contributed by atoms with Gasteiger partial charge in [-0.05, 0) is 18.2 Å². The second-order valence-corrected chi connectivity index (χ2v) is 4.24. The third-order valence-corrected chi connectivity index (χ3v) is 2.75. The fraction of sp³-hybridized carbons (Fsp3) is 0.167. The van der Waals surface area contributed by atoms with Gasteiger partial charge >= 0.3 is 0 Å². The quantitative estimate of drug-likeness (QED) is 0.730. The summed E-state index contributed by atoms with van der Waals surface area (Å²) in [7, 11) is 0. The van der Waals surface area contributed by atoms with Gasteiger partial charge in [0.1, 0.15) is 0 Å². The molecule has 0 fully saturated rings. The Morgan fingerprint density at radius 2 is 2.24 bits per heavy atom. The van der Waals surface area contributed by atoms with Crippen LogP contribution in [-0.4, -0.2) is 36.8 Å². The molecule has 0 atom stereocenters. The lowest BCUT2D eigenvalue weighted by Crippen LogP contribution is -2.10.